The molecule has 3 aromatic rings. The third-order valence-corrected chi connectivity index (χ3v) is 3.77. The Morgan fingerprint density at radius 2 is 1.73 bits per heavy atom. The number of anilines is 1. The predicted molar refractivity (Wildman–Crippen MR) is 101 cm³/mol. The fraction of sp³-hybridized carbons (Fsp3) is 0.300. The van der Waals surface area contributed by atoms with Gasteiger partial charge in [0.1, 0.15) is 22.8 Å². The van der Waals surface area contributed by atoms with Gasteiger partial charge in [-0.3, -0.25) is 4.79 Å². The Kier molecular flexibility index (Phi) is 4.59. The summed E-state index contributed by atoms with van der Waals surface area (Å²) in [4.78, 5) is 24.1. The van der Waals surface area contributed by atoms with Gasteiger partial charge in [0.15, 0.2) is 0 Å². The Hall–Kier alpha value is -3.02. The molecule has 6 heteroatoms. The maximum absolute atomic E-state index is 12.3. The van der Waals surface area contributed by atoms with E-state index in [1.165, 1.54) is 0 Å². The number of benzene rings is 2. The van der Waals surface area contributed by atoms with Gasteiger partial charge in [0, 0.05) is 22.5 Å². The predicted octanol–water partition coefficient (Wildman–Crippen LogP) is 4.44. The van der Waals surface area contributed by atoms with Crippen molar-refractivity contribution in [2.75, 3.05) is 5.32 Å². The quantitative estimate of drug-likeness (QED) is 0.729. The molecule has 0 unspecified atom stereocenters. The molecule has 2 aromatic carbocycles. The summed E-state index contributed by atoms with van der Waals surface area (Å²) in [6.45, 7) is 6.89. The summed E-state index contributed by atoms with van der Waals surface area (Å²) in [5.74, 6) is -0.341. The van der Waals surface area contributed by atoms with Crippen LogP contribution in [0.25, 0.3) is 21.9 Å². The molecule has 0 saturated carbocycles. The van der Waals surface area contributed by atoms with Crippen LogP contribution in [0.5, 0.6) is 0 Å². The fourth-order valence-electron chi connectivity index (χ4n) is 2.60. The molecule has 0 fully saturated rings. The highest BCUT2D eigenvalue weighted by atomic mass is 16.6. The van der Waals surface area contributed by atoms with Crippen molar-refractivity contribution in [3.63, 3.8) is 0 Å². The van der Waals surface area contributed by atoms with Crippen molar-refractivity contribution in [3.05, 3.63) is 42.5 Å². The highest BCUT2D eigenvalue weighted by Crippen LogP contribution is 2.30. The zero-order chi connectivity index (χ0) is 18.9. The summed E-state index contributed by atoms with van der Waals surface area (Å²) < 4.78 is 11.0. The minimum absolute atomic E-state index is 0.341. The first-order valence-electron chi connectivity index (χ1n) is 8.44. The van der Waals surface area contributed by atoms with Crippen molar-refractivity contribution in [2.45, 2.75) is 39.3 Å². The van der Waals surface area contributed by atoms with Crippen LogP contribution in [0.1, 0.15) is 27.7 Å². The highest BCUT2D eigenvalue weighted by Gasteiger charge is 2.21. The molecule has 0 bridgehead atoms. The van der Waals surface area contributed by atoms with E-state index in [-0.39, 0.29) is 5.91 Å². The number of hydrogen-bond acceptors (Lipinski definition) is 4. The standard InChI is InChI=1S/C20H22N2O4/c1-12(21-19(24)26-20(2,3)4)18(23)22-13-9-10-15-14-7-5-6-8-16(14)25-17(15)11-13/h5-12H,1-4H3,(H,21,24)(H,22,23)/t12-/m1/s1. The lowest BCUT2D eigenvalue weighted by molar-refractivity contribution is -0.117. The fourth-order valence-corrected chi connectivity index (χ4v) is 2.60. The minimum Gasteiger partial charge on any atom is -0.456 e. The summed E-state index contributed by atoms with van der Waals surface area (Å²) in [6.07, 6.45) is -0.632. The molecule has 0 spiro atoms. The van der Waals surface area contributed by atoms with Gasteiger partial charge in [-0.2, -0.15) is 0 Å². The third kappa shape index (κ3) is 3.96. The molecule has 26 heavy (non-hydrogen) atoms. The molecule has 2 N–H and O–H groups in total. The van der Waals surface area contributed by atoms with Crippen molar-refractivity contribution < 1.29 is 18.7 Å². The van der Waals surface area contributed by atoms with Gasteiger partial charge >= 0.3 is 6.09 Å². The molecule has 1 aromatic heterocycles. The summed E-state index contributed by atoms with van der Waals surface area (Å²) in [5.41, 5.74) is 1.47. The zero-order valence-electron chi connectivity index (χ0n) is 15.3. The Labute approximate surface area is 151 Å². The number of hydrogen-bond donors (Lipinski definition) is 2. The Morgan fingerprint density at radius 1 is 1.04 bits per heavy atom. The second-order valence-electron chi connectivity index (χ2n) is 7.17. The SMILES string of the molecule is C[C@@H](NC(=O)OC(C)(C)C)C(=O)Nc1ccc2c(c1)oc1ccccc12. The average molecular weight is 354 g/mol. The van der Waals surface area contributed by atoms with Crippen molar-refractivity contribution in [1.82, 2.24) is 5.32 Å². The Morgan fingerprint density at radius 3 is 2.46 bits per heavy atom. The molecule has 0 aliphatic carbocycles. The number of amides is 2. The summed E-state index contributed by atoms with van der Waals surface area (Å²) in [6, 6.07) is 12.5. The van der Waals surface area contributed by atoms with E-state index in [2.05, 4.69) is 10.6 Å². The van der Waals surface area contributed by atoms with E-state index in [1.807, 2.05) is 36.4 Å². The van der Waals surface area contributed by atoms with Gasteiger partial charge in [0.25, 0.3) is 0 Å². The van der Waals surface area contributed by atoms with Crippen LogP contribution in [0.4, 0.5) is 10.5 Å². The van der Waals surface area contributed by atoms with E-state index in [0.29, 0.717) is 11.3 Å². The van der Waals surface area contributed by atoms with Gasteiger partial charge in [0.2, 0.25) is 5.91 Å². The van der Waals surface area contributed by atoms with Gasteiger partial charge in [-0.1, -0.05) is 18.2 Å². The minimum atomic E-state index is -0.740. The van der Waals surface area contributed by atoms with Crippen molar-refractivity contribution >= 4 is 39.6 Å². The van der Waals surface area contributed by atoms with Crippen LogP contribution < -0.4 is 10.6 Å². The van der Waals surface area contributed by atoms with Gasteiger partial charge in [-0.25, -0.2) is 4.79 Å². The number of ether oxygens (including phenoxy) is 1. The van der Waals surface area contributed by atoms with Crippen LogP contribution in [0, 0.1) is 0 Å². The van der Waals surface area contributed by atoms with Crippen molar-refractivity contribution in [1.29, 1.82) is 0 Å². The van der Waals surface area contributed by atoms with Crippen LogP contribution in [-0.2, 0) is 9.53 Å². The monoisotopic (exact) mass is 354 g/mol. The Bertz CT molecular complexity index is 969. The van der Waals surface area contributed by atoms with E-state index in [4.69, 9.17) is 9.15 Å². The first-order chi connectivity index (χ1) is 12.2. The highest BCUT2D eigenvalue weighted by molar-refractivity contribution is 6.06. The van der Waals surface area contributed by atoms with Gasteiger partial charge in [-0.05, 0) is 45.9 Å². The normalized spacial score (nSPS) is 12.8. The Balaban J connectivity index is 1.70. The number of alkyl carbamates (subject to hydrolysis) is 1. The van der Waals surface area contributed by atoms with E-state index in [9.17, 15) is 9.59 Å². The van der Waals surface area contributed by atoms with Crippen LogP contribution in [0.2, 0.25) is 0 Å². The second kappa shape index (κ2) is 6.71. The van der Waals surface area contributed by atoms with Crippen LogP contribution in [0.15, 0.2) is 46.9 Å². The number of carbonyl (C=O) groups is 2. The molecule has 1 atom stereocenters. The van der Waals surface area contributed by atoms with E-state index in [1.54, 1.807) is 33.8 Å². The molecule has 6 nitrogen and oxygen atoms in total. The van der Waals surface area contributed by atoms with Crippen molar-refractivity contribution in [3.8, 4) is 0 Å². The number of nitrogens with one attached hydrogen (secondary N) is 2. The molecule has 1 heterocycles. The maximum Gasteiger partial charge on any atom is 0.408 e. The summed E-state index contributed by atoms with van der Waals surface area (Å²) >= 11 is 0. The summed E-state index contributed by atoms with van der Waals surface area (Å²) in [7, 11) is 0. The smallest absolute Gasteiger partial charge is 0.408 e. The maximum atomic E-state index is 12.3. The molecule has 0 radical (unpaired) electrons. The number of fused-ring (bicyclic) bond motifs is 3. The number of rotatable bonds is 3. The number of para-hydroxylation sites is 1. The van der Waals surface area contributed by atoms with Crippen molar-refractivity contribution in [2.24, 2.45) is 0 Å². The average Bonchev–Trinajstić information content (AvgIpc) is 2.90. The molecule has 2 amide bonds. The van der Waals surface area contributed by atoms with Crippen LogP contribution in [0.3, 0.4) is 0 Å². The lowest BCUT2D eigenvalue weighted by Crippen LogP contribution is -2.43. The third-order valence-electron chi connectivity index (χ3n) is 3.77. The number of carbonyl (C=O) groups excluding carboxylic acids is 2. The molecule has 3 rings (SSSR count). The first kappa shape index (κ1) is 17.8. The van der Waals surface area contributed by atoms with Crippen LogP contribution in [-0.4, -0.2) is 23.6 Å². The van der Waals surface area contributed by atoms with Gasteiger partial charge in [0.05, 0.1) is 0 Å². The molecule has 0 saturated heterocycles. The van der Waals surface area contributed by atoms with Crippen LogP contribution >= 0.6 is 0 Å². The molecule has 0 aliphatic rings. The lowest BCUT2D eigenvalue weighted by atomic mass is 10.1. The second-order valence-corrected chi connectivity index (χ2v) is 7.17. The molecular weight excluding hydrogens is 332 g/mol. The van der Waals surface area contributed by atoms with E-state index < -0.39 is 17.7 Å². The zero-order valence-corrected chi connectivity index (χ0v) is 15.3. The van der Waals surface area contributed by atoms with E-state index in [0.717, 1.165) is 16.4 Å². The summed E-state index contributed by atoms with van der Waals surface area (Å²) in [5, 5.41) is 7.31. The van der Waals surface area contributed by atoms with Gasteiger partial charge in [-0.15, -0.1) is 0 Å². The lowest BCUT2D eigenvalue weighted by Gasteiger charge is -2.21. The first-order valence-corrected chi connectivity index (χ1v) is 8.44. The van der Waals surface area contributed by atoms with Gasteiger partial charge < -0.3 is 19.8 Å². The topological polar surface area (TPSA) is 80.6 Å². The molecular formula is C20H22N2O4. The molecule has 0 aliphatic heterocycles. The largest absolute Gasteiger partial charge is 0.456 e. The molecule has 136 valence electrons. The van der Waals surface area contributed by atoms with E-state index >= 15 is 0 Å². The number of furan rings is 1.